The van der Waals surface area contributed by atoms with Gasteiger partial charge in [-0.3, -0.25) is 79.9 Å². The van der Waals surface area contributed by atoms with Crippen LogP contribution in [0.1, 0.15) is 55.8 Å². The van der Waals surface area contributed by atoms with Gasteiger partial charge in [-0.25, -0.2) is 18.7 Å². The number of aromatic nitrogens is 14. The molecule has 6 N–H and O–H groups in total. The maximum absolute atomic E-state index is 12.6. The summed E-state index contributed by atoms with van der Waals surface area (Å²) in [4.78, 5) is 76.8. The van der Waals surface area contributed by atoms with Gasteiger partial charge in [-0.05, 0) is 186 Å². The number of hydrogen-bond acceptors (Lipinski definition) is 13. The van der Waals surface area contributed by atoms with E-state index in [-0.39, 0.29) is 28.8 Å². The molecule has 110 heavy (non-hydrogen) atoms. The third-order valence-electron chi connectivity index (χ3n) is 19.6. The highest BCUT2D eigenvalue weighted by Gasteiger charge is 2.23. The van der Waals surface area contributed by atoms with Crippen LogP contribution in [0.5, 0.6) is 0 Å². The summed E-state index contributed by atoms with van der Waals surface area (Å²) >= 11 is 6.08. The molecule has 0 spiro atoms. The summed E-state index contributed by atoms with van der Waals surface area (Å²) in [5.41, 5.74) is 27.2. The SMILES string of the molecule is Cc1ccc(-n2[nH]c3c(cnc4cc(C)ccc43)c2=O)cc1.Cc1ccc(-n2[nH]c3c(cnc4cc(C)ccc43)c2=O)cc1.Cc1ccc(N2Cc3cnc4cc(CO)ccc4c3N2)cc1.Cc1ccc2c(c1)ncc1c(=O)n(-c3ccc(C)nc3)[nH]c12.Cc1cccc(-n2[nH]c3c(cnc4ccc(Cl)cc43)c2=O)c1. The Hall–Kier alpha value is -13.9. The van der Waals surface area contributed by atoms with Gasteiger partial charge in [0.05, 0.1) is 125 Å². The van der Waals surface area contributed by atoms with E-state index in [0.29, 0.717) is 32.3 Å². The Bertz CT molecular complexity index is 6640. The molecule has 0 atom stereocenters. The number of pyridine rings is 6. The Morgan fingerprint density at radius 3 is 1.20 bits per heavy atom. The molecule has 0 aliphatic carbocycles. The molecule has 20 rings (SSSR count). The number of anilines is 2. The van der Waals surface area contributed by atoms with Crippen molar-refractivity contribution in [3.8, 4) is 22.7 Å². The first-order valence-electron chi connectivity index (χ1n) is 35.7. The molecule has 542 valence electrons. The highest BCUT2D eigenvalue weighted by atomic mass is 35.5. The first-order valence-corrected chi connectivity index (χ1v) is 36.1. The summed E-state index contributed by atoms with van der Waals surface area (Å²) in [6.07, 6.45) is 10.2. The first-order chi connectivity index (χ1) is 53.3. The molecule has 0 saturated carbocycles. The minimum atomic E-state index is -0.116. The number of hydrogen-bond donors (Lipinski definition) is 6. The first kappa shape index (κ1) is 70.4. The van der Waals surface area contributed by atoms with E-state index < -0.39 is 0 Å². The molecule has 0 fully saturated rings. The smallest absolute Gasteiger partial charge is 0.280 e. The number of nitrogens with one attached hydrogen (secondary N) is 5. The van der Waals surface area contributed by atoms with Gasteiger partial charge in [0.25, 0.3) is 22.2 Å². The lowest BCUT2D eigenvalue weighted by molar-refractivity contribution is 0.282. The van der Waals surface area contributed by atoms with Crippen LogP contribution in [0, 0.1) is 55.4 Å². The Labute approximate surface area is 633 Å². The summed E-state index contributed by atoms with van der Waals surface area (Å²) in [5.74, 6) is 0. The molecule has 10 aromatic heterocycles. The molecule has 0 saturated heterocycles. The van der Waals surface area contributed by atoms with E-state index in [9.17, 15) is 24.3 Å². The van der Waals surface area contributed by atoms with E-state index >= 15 is 0 Å². The number of halogens is 1. The molecule has 22 heteroatoms. The third-order valence-corrected chi connectivity index (χ3v) is 19.9. The van der Waals surface area contributed by atoms with Crippen molar-refractivity contribution in [3.05, 3.63) is 340 Å². The number of rotatable bonds is 6. The lowest BCUT2D eigenvalue weighted by atomic mass is 10.1. The van der Waals surface area contributed by atoms with Crippen molar-refractivity contribution >= 4 is 121 Å². The van der Waals surface area contributed by atoms with Gasteiger partial charge in [-0.2, -0.15) is 0 Å². The topological polar surface area (TPSA) is 264 Å². The second kappa shape index (κ2) is 29.1. The molecule has 0 bridgehead atoms. The van der Waals surface area contributed by atoms with Crippen LogP contribution in [-0.2, 0) is 13.2 Å². The minimum absolute atomic E-state index is 0.0393. The van der Waals surface area contributed by atoms with Crippen LogP contribution < -0.4 is 32.7 Å². The van der Waals surface area contributed by atoms with E-state index in [2.05, 4.69) is 91.9 Å². The summed E-state index contributed by atoms with van der Waals surface area (Å²) in [6, 6.07) is 65.2. The van der Waals surface area contributed by atoms with Crippen LogP contribution in [0.25, 0.3) is 121 Å². The normalized spacial score (nSPS) is 11.7. The van der Waals surface area contributed by atoms with Gasteiger partial charge in [0.2, 0.25) is 0 Å². The summed E-state index contributed by atoms with van der Waals surface area (Å²) in [6.45, 7) is 17.0. The zero-order chi connectivity index (χ0) is 76.2. The molecular formula is C88H73ClN16O5. The Kier molecular flexibility index (Phi) is 18.6. The van der Waals surface area contributed by atoms with Crippen LogP contribution in [0.15, 0.2) is 257 Å². The van der Waals surface area contributed by atoms with E-state index in [1.54, 1.807) is 51.1 Å². The van der Waals surface area contributed by atoms with E-state index in [4.69, 9.17) is 11.6 Å². The van der Waals surface area contributed by atoms with Gasteiger partial charge in [0.1, 0.15) is 0 Å². The number of aryl methyl sites for hydroxylation is 8. The molecule has 0 radical (unpaired) electrons. The lowest BCUT2D eigenvalue weighted by Gasteiger charge is -2.19. The van der Waals surface area contributed by atoms with Crippen molar-refractivity contribution in [2.24, 2.45) is 0 Å². The number of aliphatic hydroxyl groups is 1. The van der Waals surface area contributed by atoms with Crippen LogP contribution in [0.4, 0.5) is 11.4 Å². The van der Waals surface area contributed by atoms with Crippen LogP contribution in [-0.4, -0.2) is 74.1 Å². The fraction of sp³-hybridized carbons (Fsp3) is 0.114. The van der Waals surface area contributed by atoms with E-state index in [0.717, 1.165) is 156 Å². The second-order valence-electron chi connectivity index (χ2n) is 27.8. The standard InChI is InChI=1S/2C18H15N3O.C18H17N3O.C17H12ClN3O.C17H14N4O/c2*1-11-3-6-13(7-4-11)21-18(22)15-10-19-16-9-12(2)5-8-14(16)17(15)20-21;1-12-2-5-15(6-3-12)21-10-14-9-19-17-8-13(11-22)4-7-16(17)18(14)20-21;1-10-3-2-4-12(7-10)21-17(22)14-9-19-15-6-5-11(18)8-13(15)16(14)20-21;1-10-3-6-13-15(7-10)19-9-14-16(13)20-21(17(14)22)12-5-4-11(2)18-8-12/h2*3-10,20H,1-2H3;2-9,20,22H,10-11H2,1H3;2-9,20H,1H3;3-9,20H,1-2H3. The average Bonchev–Trinajstić information content (AvgIpc) is 1.62. The summed E-state index contributed by atoms with van der Waals surface area (Å²) < 4.78 is 6.20. The fourth-order valence-electron chi connectivity index (χ4n) is 13.7. The predicted octanol–water partition coefficient (Wildman–Crippen LogP) is 17.1. The number of nitrogens with zero attached hydrogens (tertiary/aromatic N) is 11. The largest absolute Gasteiger partial charge is 0.392 e. The number of H-pyrrole nitrogens is 4. The molecule has 21 nitrogen and oxygen atoms in total. The summed E-state index contributed by atoms with van der Waals surface area (Å²) in [7, 11) is 0. The molecule has 0 unspecified atom stereocenters. The Morgan fingerprint density at radius 2 is 0.736 bits per heavy atom. The summed E-state index contributed by atoms with van der Waals surface area (Å²) in [5, 5.41) is 32.0. The monoisotopic (exact) mass is 1470 g/mol. The van der Waals surface area contributed by atoms with Crippen molar-refractivity contribution in [1.29, 1.82) is 0 Å². The van der Waals surface area contributed by atoms with Crippen molar-refractivity contribution in [1.82, 2.24) is 69.0 Å². The second-order valence-corrected chi connectivity index (χ2v) is 28.2. The zero-order valence-corrected chi connectivity index (χ0v) is 62.1. The molecule has 1 aliphatic heterocycles. The van der Waals surface area contributed by atoms with E-state index in [1.165, 1.54) is 15.8 Å². The minimum Gasteiger partial charge on any atom is -0.392 e. The van der Waals surface area contributed by atoms with E-state index in [1.807, 2.05) is 225 Å². The molecule has 19 aromatic rings. The highest BCUT2D eigenvalue weighted by Crippen LogP contribution is 2.36. The fourth-order valence-corrected chi connectivity index (χ4v) is 13.8. The van der Waals surface area contributed by atoms with Gasteiger partial charge in [0, 0.05) is 74.2 Å². The van der Waals surface area contributed by atoms with Gasteiger partial charge in [-0.15, -0.1) is 0 Å². The lowest BCUT2D eigenvalue weighted by Crippen LogP contribution is -2.22. The molecule has 0 amide bonds. The Balaban J connectivity index is 0.000000104. The Morgan fingerprint density at radius 1 is 0.336 bits per heavy atom. The number of benzene rings is 9. The number of fused-ring (bicyclic) bond motifs is 15. The van der Waals surface area contributed by atoms with Crippen molar-refractivity contribution in [2.45, 2.75) is 68.5 Å². The molecular weight excluding hydrogens is 1400 g/mol. The number of hydrazine groups is 1. The van der Waals surface area contributed by atoms with Gasteiger partial charge in [-0.1, -0.05) is 125 Å². The van der Waals surface area contributed by atoms with Crippen LogP contribution >= 0.6 is 11.6 Å². The highest BCUT2D eigenvalue weighted by molar-refractivity contribution is 6.31. The maximum Gasteiger partial charge on any atom is 0.280 e. The van der Waals surface area contributed by atoms with Crippen LogP contribution in [0.3, 0.4) is 0 Å². The third kappa shape index (κ3) is 13.7. The van der Waals surface area contributed by atoms with Crippen molar-refractivity contribution in [2.75, 3.05) is 10.4 Å². The predicted molar refractivity (Wildman–Crippen MR) is 441 cm³/mol. The zero-order valence-electron chi connectivity index (χ0n) is 61.3. The average molecular weight is 1470 g/mol. The maximum atomic E-state index is 12.6. The molecule has 11 heterocycles. The van der Waals surface area contributed by atoms with Gasteiger partial charge in [0.15, 0.2) is 0 Å². The van der Waals surface area contributed by atoms with Gasteiger partial charge < -0.3 is 5.11 Å². The van der Waals surface area contributed by atoms with Crippen molar-refractivity contribution in [3.63, 3.8) is 0 Å². The quantitative estimate of drug-likeness (QED) is 0.0906. The van der Waals surface area contributed by atoms with Crippen LogP contribution in [0.2, 0.25) is 5.02 Å². The van der Waals surface area contributed by atoms with Crippen molar-refractivity contribution < 1.29 is 5.11 Å². The van der Waals surface area contributed by atoms with Gasteiger partial charge >= 0.3 is 0 Å². The number of aliphatic hydroxyl groups excluding tert-OH is 1. The number of aromatic amines is 4. The molecule has 9 aromatic carbocycles. The molecule has 1 aliphatic rings.